The highest BCUT2D eigenvalue weighted by Gasteiger charge is 2.19. The lowest BCUT2D eigenvalue weighted by molar-refractivity contribution is 0.669. The SMILES string of the molecule is CCc1c(-c2ccc(-c3ccccc3)cc2)cc(-c2ccc3c(c2)c2ccccc2c2cccc(-c4ccc5oc6ccccc6c5c4)c23)nc1-c1ccccc1. The molecule has 0 saturated carbocycles. The van der Waals surface area contributed by atoms with Crippen molar-refractivity contribution in [3.63, 3.8) is 0 Å². The van der Waals surface area contributed by atoms with Gasteiger partial charge in [0.05, 0.1) is 11.4 Å². The molecule has 2 nitrogen and oxygen atoms in total. The van der Waals surface area contributed by atoms with Gasteiger partial charge in [0, 0.05) is 21.9 Å². The van der Waals surface area contributed by atoms with E-state index in [1.807, 2.05) is 12.1 Å². The van der Waals surface area contributed by atoms with Crippen molar-refractivity contribution >= 4 is 54.3 Å². The number of fused-ring (bicyclic) bond motifs is 9. The number of hydrogen-bond donors (Lipinski definition) is 0. The number of rotatable bonds is 6. The van der Waals surface area contributed by atoms with Crippen LogP contribution in [0.15, 0.2) is 199 Å². The molecule has 57 heavy (non-hydrogen) atoms. The van der Waals surface area contributed by atoms with Crippen LogP contribution in [0.5, 0.6) is 0 Å². The molecular formula is C55H37NO. The molecule has 9 aromatic carbocycles. The van der Waals surface area contributed by atoms with Crippen molar-refractivity contribution in [2.45, 2.75) is 13.3 Å². The molecule has 0 spiro atoms. The Morgan fingerprint density at radius 3 is 1.70 bits per heavy atom. The number of benzene rings is 9. The minimum Gasteiger partial charge on any atom is -0.456 e. The minimum atomic E-state index is 0.866. The van der Waals surface area contributed by atoms with Crippen LogP contribution in [0.3, 0.4) is 0 Å². The molecular weight excluding hydrogens is 691 g/mol. The Bertz CT molecular complexity index is 3300. The summed E-state index contributed by atoms with van der Waals surface area (Å²) in [5, 5.41) is 9.70. The van der Waals surface area contributed by atoms with Crippen molar-refractivity contribution in [3.8, 4) is 55.9 Å². The van der Waals surface area contributed by atoms with E-state index in [-0.39, 0.29) is 0 Å². The molecule has 11 aromatic rings. The van der Waals surface area contributed by atoms with Crippen LogP contribution in [0.1, 0.15) is 12.5 Å². The summed E-state index contributed by atoms with van der Waals surface area (Å²) >= 11 is 0. The fourth-order valence-electron chi connectivity index (χ4n) is 8.94. The van der Waals surface area contributed by atoms with Crippen molar-refractivity contribution in [1.29, 1.82) is 0 Å². The van der Waals surface area contributed by atoms with Crippen LogP contribution in [0.2, 0.25) is 0 Å². The van der Waals surface area contributed by atoms with Gasteiger partial charge in [-0.3, -0.25) is 0 Å². The van der Waals surface area contributed by atoms with E-state index in [1.54, 1.807) is 0 Å². The van der Waals surface area contributed by atoms with Crippen molar-refractivity contribution in [2.24, 2.45) is 0 Å². The molecule has 0 aliphatic heterocycles. The summed E-state index contributed by atoms with van der Waals surface area (Å²) in [4.78, 5) is 5.49. The molecule has 268 valence electrons. The molecule has 0 saturated heterocycles. The standard InChI is InChI=1S/C55H37NO/c1-2-41-48(37-26-24-36(25-27-37)35-14-5-3-6-15-35)34-51(56-55(41)38-16-7-4-8-17-38)40-28-30-47-49(33-40)44-19-10-9-18-43(44)46-22-13-21-42(54(46)47)39-29-31-53-50(32-39)45-20-11-12-23-52(45)57-53/h3-34H,2H2,1H3. The Morgan fingerprint density at radius 2 is 0.930 bits per heavy atom. The summed E-state index contributed by atoms with van der Waals surface area (Å²) in [5.41, 5.74) is 14.5. The fraction of sp³-hybridized carbons (Fsp3) is 0.0364. The maximum atomic E-state index is 6.22. The summed E-state index contributed by atoms with van der Waals surface area (Å²) < 4.78 is 6.22. The second-order valence-electron chi connectivity index (χ2n) is 14.9. The lowest BCUT2D eigenvalue weighted by Crippen LogP contribution is -1.99. The van der Waals surface area contributed by atoms with Gasteiger partial charge < -0.3 is 4.42 Å². The lowest BCUT2D eigenvalue weighted by Gasteiger charge is -2.18. The van der Waals surface area contributed by atoms with E-state index in [9.17, 15) is 0 Å². The molecule has 2 aromatic heterocycles. The average molecular weight is 728 g/mol. The third kappa shape index (κ3) is 5.52. The fourth-order valence-corrected chi connectivity index (χ4v) is 8.94. The van der Waals surface area contributed by atoms with E-state index in [2.05, 4.69) is 189 Å². The van der Waals surface area contributed by atoms with E-state index < -0.39 is 0 Å². The number of pyridine rings is 1. The topological polar surface area (TPSA) is 26.0 Å². The number of hydrogen-bond acceptors (Lipinski definition) is 2. The second-order valence-corrected chi connectivity index (χ2v) is 14.9. The first kappa shape index (κ1) is 33.1. The van der Waals surface area contributed by atoms with Gasteiger partial charge in [-0.2, -0.15) is 0 Å². The van der Waals surface area contributed by atoms with Crippen LogP contribution in [0.25, 0.3) is 110 Å². The first-order valence-corrected chi connectivity index (χ1v) is 19.8. The highest BCUT2D eigenvalue weighted by Crippen LogP contribution is 2.44. The molecule has 2 heteroatoms. The summed E-state index contributed by atoms with van der Waals surface area (Å²) in [6.45, 7) is 2.24. The van der Waals surface area contributed by atoms with Crippen molar-refractivity contribution < 1.29 is 4.42 Å². The van der Waals surface area contributed by atoms with Gasteiger partial charge in [-0.05, 0) is 108 Å². The van der Waals surface area contributed by atoms with Crippen molar-refractivity contribution in [3.05, 3.63) is 200 Å². The third-order valence-electron chi connectivity index (χ3n) is 11.7. The van der Waals surface area contributed by atoms with Gasteiger partial charge in [0.25, 0.3) is 0 Å². The number of nitrogens with zero attached hydrogens (tertiary/aromatic N) is 1. The molecule has 0 unspecified atom stereocenters. The van der Waals surface area contributed by atoms with Gasteiger partial charge in [-0.15, -0.1) is 0 Å². The van der Waals surface area contributed by atoms with Crippen LogP contribution in [0, 0.1) is 0 Å². The van der Waals surface area contributed by atoms with Gasteiger partial charge in [-0.25, -0.2) is 4.98 Å². The zero-order chi connectivity index (χ0) is 37.9. The highest BCUT2D eigenvalue weighted by atomic mass is 16.3. The summed E-state index contributed by atoms with van der Waals surface area (Å²) in [7, 11) is 0. The first-order valence-electron chi connectivity index (χ1n) is 19.8. The first-order chi connectivity index (χ1) is 28.2. The number of aromatic nitrogens is 1. The molecule has 0 amide bonds. The van der Waals surface area contributed by atoms with E-state index in [0.717, 1.165) is 50.9 Å². The Balaban J connectivity index is 1.13. The van der Waals surface area contributed by atoms with Crippen LogP contribution in [-0.4, -0.2) is 4.98 Å². The van der Waals surface area contributed by atoms with Gasteiger partial charge >= 0.3 is 0 Å². The van der Waals surface area contributed by atoms with E-state index >= 15 is 0 Å². The predicted octanol–water partition coefficient (Wildman–Crippen LogP) is 15.3. The quantitative estimate of drug-likeness (QED) is 0.159. The van der Waals surface area contributed by atoms with E-state index in [0.29, 0.717) is 0 Å². The maximum Gasteiger partial charge on any atom is 0.135 e. The van der Waals surface area contributed by atoms with Crippen molar-refractivity contribution in [2.75, 3.05) is 0 Å². The molecule has 0 bridgehead atoms. The molecule has 2 heterocycles. The molecule has 11 rings (SSSR count). The molecule has 0 N–H and O–H groups in total. The third-order valence-corrected chi connectivity index (χ3v) is 11.7. The summed E-state index contributed by atoms with van der Waals surface area (Å²) in [6.07, 6.45) is 0.866. The molecule has 0 fully saturated rings. The average Bonchev–Trinajstić information content (AvgIpc) is 3.67. The Kier molecular flexibility index (Phi) is 7.82. The molecule has 0 aliphatic carbocycles. The van der Waals surface area contributed by atoms with Crippen LogP contribution < -0.4 is 0 Å². The Morgan fingerprint density at radius 1 is 0.368 bits per heavy atom. The van der Waals surface area contributed by atoms with E-state index in [4.69, 9.17) is 9.40 Å². The number of para-hydroxylation sites is 1. The zero-order valence-electron chi connectivity index (χ0n) is 31.5. The normalized spacial score (nSPS) is 11.7. The van der Waals surface area contributed by atoms with Gasteiger partial charge in [0.15, 0.2) is 0 Å². The largest absolute Gasteiger partial charge is 0.456 e. The smallest absolute Gasteiger partial charge is 0.135 e. The number of furan rings is 1. The summed E-state index contributed by atoms with van der Waals surface area (Å²) in [5.74, 6) is 0. The minimum absolute atomic E-state index is 0.866. The highest BCUT2D eigenvalue weighted by molar-refractivity contribution is 6.29. The molecule has 0 aliphatic rings. The Hall–Kier alpha value is -7.29. The molecule has 0 radical (unpaired) electrons. The van der Waals surface area contributed by atoms with Gasteiger partial charge in [0.1, 0.15) is 11.2 Å². The molecule has 0 atom stereocenters. The van der Waals surface area contributed by atoms with E-state index in [1.165, 1.54) is 71.3 Å². The maximum absolute atomic E-state index is 6.22. The lowest BCUT2D eigenvalue weighted by atomic mass is 9.87. The van der Waals surface area contributed by atoms with Crippen LogP contribution in [-0.2, 0) is 6.42 Å². The predicted molar refractivity (Wildman–Crippen MR) is 241 cm³/mol. The second kappa shape index (κ2) is 13.5. The zero-order valence-corrected chi connectivity index (χ0v) is 31.5. The summed E-state index contributed by atoms with van der Waals surface area (Å²) in [6, 6.07) is 70.0. The van der Waals surface area contributed by atoms with Crippen LogP contribution >= 0.6 is 0 Å². The van der Waals surface area contributed by atoms with Crippen molar-refractivity contribution in [1.82, 2.24) is 4.98 Å². The Labute approximate surface area is 331 Å². The monoisotopic (exact) mass is 727 g/mol. The van der Waals surface area contributed by atoms with Gasteiger partial charge in [0.2, 0.25) is 0 Å². The van der Waals surface area contributed by atoms with Gasteiger partial charge in [-0.1, -0.05) is 171 Å². The van der Waals surface area contributed by atoms with Crippen LogP contribution in [0.4, 0.5) is 0 Å².